The van der Waals surface area contributed by atoms with Crippen LogP contribution in [0.15, 0.2) is 52.5 Å². The van der Waals surface area contributed by atoms with Crippen LogP contribution in [0.25, 0.3) is 11.3 Å². The molecule has 11 heteroatoms. The second kappa shape index (κ2) is 20.9. The van der Waals surface area contributed by atoms with E-state index < -0.39 is 0 Å². The van der Waals surface area contributed by atoms with Crippen molar-refractivity contribution in [1.82, 2.24) is 15.2 Å². The van der Waals surface area contributed by atoms with Gasteiger partial charge in [0, 0.05) is 57.1 Å². The fraction of sp³-hybridized carbons (Fsp3) is 0.517. The Hall–Kier alpha value is -2.96. The number of aromatic nitrogens is 1. The molecule has 1 aromatic carbocycles. The van der Waals surface area contributed by atoms with Crippen molar-refractivity contribution in [2.24, 2.45) is 4.99 Å². The third-order valence-electron chi connectivity index (χ3n) is 5.61. The number of aldehydes is 1. The molecule has 2 aromatic rings. The van der Waals surface area contributed by atoms with E-state index in [1.807, 2.05) is 50.6 Å². The smallest absolute Gasteiger partial charge is 0.184 e. The van der Waals surface area contributed by atoms with Gasteiger partial charge >= 0.3 is 0 Å². The molecule has 40 heavy (non-hydrogen) atoms. The molecular weight excluding hydrogens is 532 g/mol. The van der Waals surface area contributed by atoms with E-state index in [2.05, 4.69) is 37.2 Å². The molecule has 1 aliphatic rings. The van der Waals surface area contributed by atoms with Crippen LogP contribution in [0.2, 0.25) is 0 Å². The highest BCUT2D eigenvalue weighted by Crippen LogP contribution is 2.34. The summed E-state index contributed by atoms with van der Waals surface area (Å²) in [7, 11) is 8.60. The highest BCUT2D eigenvalue weighted by atomic mass is 32.1. The normalized spacial score (nSPS) is 15.1. The number of hydrogen-bond acceptors (Lipinski definition) is 10. The average molecular weight is 579 g/mol. The van der Waals surface area contributed by atoms with Crippen molar-refractivity contribution in [3.8, 4) is 22.8 Å². The summed E-state index contributed by atoms with van der Waals surface area (Å²) in [6.45, 7) is 6.92. The highest BCUT2D eigenvalue weighted by Gasteiger charge is 2.14. The van der Waals surface area contributed by atoms with Gasteiger partial charge in [-0.2, -0.15) is 0 Å². The summed E-state index contributed by atoms with van der Waals surface area (Å²) in [4.78, 5) is 14.7. The van der Waals surface area contributed by atoms with E-state index in [-0.39, 0.29) is 12.7 Å². The van der Waals surface area contributed by atoms with E-state index in [0.717, 1.165) is 52.6 Å². The Morgan fingerprint density at radius 3 is 2.55 bits per heavy atom. The molecule has 0 saturated carbocycles. The molecule has 0 spiro atoms. The molecule has 0 saturated heterocycles. The van der Waals surface area contributed by atoms with Crippen LogP contribution in [0.5, 0.6) is 11.5 Å². The molecule has 0 fully saturated rings. The number of ether oxygens (including phenoxy) is 4. The lowest BCUT2D eigenvalue weighted by atomic mass is 10.1. The van der Waals surface area contributed by atoms with Gasteiger partial charge in [0.15, 0.2) is 4.80 Å². The Morgan fingerprint density at radius 2 is 2.02 bits per heavy atom. The topological polar surface area (TPSA) is 116 Å². The van der Waals surface area contributed by atoms with Gasteiger partial charge in [0.05, 0.1) is 25.5 Å². The Bertz CT molecular complexity index is 1110. The second-order valence-corrected chi connectivity index (χ2v) is 9.53. The number of carbonyl (C=O) groups is 1. The monoisotopic (exact) mass is 578 g/mol. The van der Waals surface area contributed by atoms with Crippen molar-refractivity contribution in [1.29, 1.82) is 0 Å². The third kappa shape index (κ3) is 12.5. The molecule has 2 atom stereocenters. The molecule has 1 aliphatic heterocycles. The summed E-state index contributed by atoms with van der Waals surface area (Å²) in [5.74, 6) is 1.56. The van der Waals surface area contributed by atoms with Gasteiger partial charge < -0.3 is 44.0 Å². The maximum atomic E-state index is 9.28. The first-order valence-electron chi connectivity index (χ1n) is 13.2. The maximum Gasteiger partial charge on any atom is 0.184 e. The van der Waals surface area contributed by atoms with Crippen LogP contribution in [0.3, 0.4) is 0 Å². The molecule has 0 amide bonds. The van der Waals surface area contributed by atoms with Gasteiger partial charge in [-0.25, -0.2) is 0 Å². The number of methoxy groups -OCH3 is 3. The molecule has 2 unspecified atom stereocenters. The van der Waals surface area contributed by atoms with E-state index in [1.54, 1.807) is 32.5 Å². The van der Waals surface area contributed by atoms with Gasteiger partial charge in [0.25, 0.3) is 0 Å². The molecule has 224 valence electrons. The fourth-order valence-electron chi connectivity index (χ4n) is 3.46. The summed E-state index contributed by atoms with van der Waals surface area (Å²) in [5.41, 5.74) is 3.09. The average Bonchev–Trinajstić information content (AvgIpc) is 3.37. The first-order chi connectivity index (χ1) is 19.4. The Balaban J connectivity index is 0.000000436. The fourth-order valence-corrected chi connectivity index (χ4v) is 4.35. The zero-order valence-corrected chi connectivity index (χ0v) is 25.6. The minimum atomic E-state index is -0.365. The van der Waals surface area contributed by atoms with E-state index in [0.29, 0.717) is 25.5 Å². The number of carbonyl (C=O) groups excluding carboxylic acids is 1. The van der Waals surface area contributed by atoms with Crippen molar-refractivity contribution >= 4 is 17.6 Å². The van der Waals surface area contributed by atoms with E-state index in [9.17, 15) is 4.79 Å². The predicted octanol–water partition coefficient (Wildman–Crippen LogP) is 3.02. The summed E-state index contributed by atoms with van der Waals surface area (Å²) >= 11 is 1.64. The van der Waals surface area contributed by atoms with Crippen LogP contribution in [0, 0.1) is 0 Å². The summed E-state index contributed by atoms with van der Waals surface area (Å²) in [5, 5.41) is 17.5. The van der Waals surface area contributed by atoms with Gasteiger partial charge in [0.1, 0.15) is 31.0 Å². The number of benzene rings is 1. The van der Waals surface area contributed by atoms with Gasteiger partial charge in [-0.1, -0.05) is 12.2 Å². The van der Waals surface area contributed by atoms with E-state index in [1.165, 1.54) is 7.11 Å². The summed E-state index contributed by atoms with van der Waals surface area (Å²) < 4.78 is 22.9. The zero-order chi connectivity index (χ0) is 29.8. The SMILES string of the molecule is CC1C=CC(C(C)O)=CN1.CN=c1scc(-c2ccc(OC)cc2OCCOC)n1CCCNC.COCC=O. The first kappa shape index (κ1) is 35.1. The third-order valence-corrected chi connectivity index (χ3v) is 6.57. The number of aliphatic hydroxyl groups is 1. The molecule has 3 N–H and O–H groups in total. The van der Waals surface area contributed by atoms with E-state index in [4.69, 9.17) is 19.3 Å². The van der Waals surface area contributed by atoms with Crippen LogP contribution >= 0.6 is 11.3 Å². The lowest BCUT2D eigenvalue weighted by molar-refractivity contribution is -0.110. The number of nitrogens with zero attached hydrogens (tertiary/aromatic N) is 2. The molecule has 2 heterocycles. The lowest BCUT2D eigenvalue weighted by Gasteiger charge is -2.15. The van der Waals surface area contributed by atoms with Crippen LogP contribution < -0.4 is 24.9 Å². The minimum absolute atomic E-state index is 0.208. The molecule has 3 rings (SSSR count). The quantitative estimate of drug-likeness (QED) is 0.246. The number of dihydropyridines is 1. The first-order valence-corrected chi connectivity index (χ1v) is 14.0. The van der Waals surface area contributed by atoms with Crippen molar-refractivity contribution < 1.29 is 28.8 Å². The van der Waals surface area contributed by atoms with Gasteiger partial charge in [0.2, 0.25) is 0 Å². The lowest BCUT2D eigenvalue weighted by Crippen LogP contribution is -2.23. The zero-order valence-electron chi connectivity index (χ0n) is 24.8. The van der Waals surface area contributed by atoms with Gasteiger partial charge in [-0.3, -0.25) is 4.99 Å². The standard InChI is InChI=1S/C18H27N3O3S.C8H13NO.C3H6O2/c1-19-8-5-9-21-16(13-25-18(21)20-2)15-7-6-14(23-4)12-17(15)24-11-10-22-3;1-6-3-4-8(5-9-6)7(2)10;1-5-3-2-4/h6-7,12-13,19H,5,8-11H2,1-4H3;3-7,9-10H,1-2H3;2H,3H2,1H3. The van der Waals surface area contributed by atoms with Crippen molar-refractivity contribution in [3.05, 3.63) is 52.3 Å². The molecule has 0 bridgehead atoms. The second-order valence-electron chi connectivity index (χ2n) is 8.70. The Kier molecular flexibility index (Phi) is 18.3. The van der Waals surface area contributed by atoms with Crippen LogP contribution in [0.4, 0.5) is 0 Å². The number of nitrogens with one attached hydrogen (secondary N) is 2. The van der Waals surface area contributed by atoms with E-state index >= 15 is 0 Å². The molecule has 0 radical (unpaired) electrons. The van der Waals surface area contributed by atoms with Crippen molar-refractivity contribution in [2.75, 3.05) is 61.8 Å². The minimum Gasteiger partial charge on any atom is -0.497 e. The largest absolute Gasteiger partial charge is 0.497 e. The molecular formula is C29H46N4O6S. The molecule has 1 aromatic heterocycles. The van der Waals surface area contributed by atoms with Crippen LogP contribution in [0.1, 0.15) is 20.3 Å². The predicted molar refractivity (Wildman–Crippen MR) is 161 cm³/mol. The number of hydrogen-bond donors (Lipinski definition) is 3. The van der Waals surface area contributed by atoms with Gasteiger partial charge in [-0.05, 0) is 51.6 Å². The highest BCUT2D eigenvalue weighted by molar-refractivity contribution is 7.07. The number of aliphatic hydroxyl groups excluding tert-OH is 1. The van der Waals surface area contributed by atoms with Crippen LogP contribution in [-0.4, -0.2) is 89.9 Å². The summed E-state index contributed by atoms with van der Waals surface area (Å²) in [6, 6.07) is 6.31. The maximum absolute atomic E-state index is 9.28. The van der Waals surface area contributed by atoms with Crippen LogP contribution in [-0.2, 0) is 20.8 Å². The summed E-state index contributed by atoms with van der Waals surface area (Å²) in [6.07, 6.45) is 7.21. The molecule has 0 aliphatic carbocycles. The Morgan fingerprint density at radius 1 is 1.25 bits per heavy atom. The van der Waals surface area contributed by atoms with Crippen molar-refractivity contribution in [3.63, 3.8) is 0 Å². The molecule has 10 nitrogen and oxygen atoms in total. The van der Waals surface area contributed by atoms with Gasteiger partial charge in [-0.15, -0.1) is 11.3 Å². The number of rotatable bonds is 13. The number of thiazole rings is 1. The Labute approximate surface area is 242 Å². The van der Waals surface area contributed by atoms with Crippen molar-refractivity contribution in [2.45, 2.75) is 39.0 Å².